The van der Waals surface area contributed by atoms with Crippen molar-refractivity contribution in [3.05, 3.63) is 0 Å². The second-order valence-electron chi connectivity index (χ2n) is 3.85. The van der Waals surface area contributed by atoms with Crippen LogP contribution in [0.4, 0.5) is 0 Å². The lowest BCUT2D eigenvalue weighted by Crippen LogP contribution is -2.50. The van der Waals surface area contributed by atoms with Gasteiger partial charge in [0.1, 0.15) is 0 Å². The van der Waals surface area contributed by atoms with Gasteiger partial charge in [0.2, 0.25) is 0 Å². The third-order valence-electron chi connectivity index (χ3n) is 3.02. The second kappa shape index (κ2) is 4.58. The number of rotatable bonds is 2. The Bertz CT molecular complexity index is 176. The molecule has 4 heteroatoms. The van der Waals surface area contributed by atoms with E-state index in [2.05, 4.69) is 0 Å². The highest BCUT2D eigenvalue weighted by atomic mass is 16.4. The SMILES string of the molecule is C[C@H](C(=O)O)C1(N)CCCCC1.O. The van der Waals surface area contributed by atoms with Crippen molar-refractivity contribution in [3.63, 3.8) is 0 Å². The van der Waals surface area contributed by atoms with E-state index < -0.39 is 17.4 Å². The first kappa shape index (κ1) is 12.4. The Labute approximate surface area is 78.4 Å². The van der Waals surface area contributed by atoms with Gasteiger partial charge in [-0.05, 0) is 12.8 Å². The summed E-state index contributed by atoms with van der Waals surface area (Å²) in [4.78, 5) is 10.7. The van der Waals surface area contributed by atoms with E-state index in [9.17, 15) is 4.79 Å². The molecule has 1 aliphatic carbocycles. The average Bonchev–Trinajstić information content (AvgIpc) is 2.04. The van der Waals surface area contributed by atoms with Crippen LogP contribution in [-0.2, 0) is 4.79 Å². The van der Waals surface area contributed by atoms with Crippen LogP contribution < -0.4 is 5.73 Å². The van der Waals surface area contributed by atoms with Crippen molar-refractivity contribution < 1.29 is 15.4 Å². The summed E-state index contributed by atoms with van der Waals surface area (Å²) in [6.07, 6.45) is 5.08. The second-order valence-corrected chi connectivity index (χ2v) is 3.85. The summed E-state index contributed by atoms with van der Waals surface area (Å²) in [6.45, 7) is 1.72. The van der Waals surface area contributed by atoms with Gasteiger partial charge in [-0.3, -0.25) is 4.79 Å². The molecule has 0 bridgehead atoms. The fourth-order valence-corrected chi connectivity index (χ4v) is 1.89. The molecule has 0 aliphatic heterocycles. The van der Waals surface area contributed by atoms with Crippen molar-refractivity contribution in [2.75, 3.05) is 0 Å². The van der Waals surface area contributed by atoms with E-state index in [1.54, 1.807) is 6.92 Å². The lowest BCUT2D eigenvalue weighted by molar-refractivity contribution is -0.144. The lowest BCUT2D eigenvalue weighted by atomic mass is 9.74. The van der Waals surface area contributed by atoms with Crippen LogP contribution in [0.2, 0.25) is 0 Å². The molecule has 0 radical (unpaired) electrons. The molecule has 1 rings (SSSR count). The van der Waals surface area contributed by atoms with Gasteiger partial charge >= 0.3 is 5.97 Å². The summed E-state index contributed by atoms with van der Waals surface area (Å²) < 4.78 is 0. The summed E-state index contributed by atoms with van der Waals surface area (Å²) in [7, 11) is 0. The Hall–Kier alpha value is -0.610. The minimum absolute atomic E-state index is 0. The smallest absolute Gasteiger partial charge is 0.308 e. The average molecular weight is 189 g/mol. The Morgan fingerprint density at radius 2 is 1.85 bits per heavy atom. The van der Waals surface area contributed by atoms with Gasteiger partial charge in [-0.15, -0.1) is 0 Å². The number of carboxylic acid groups (broad SMARTS) is 1. The molecule has 13 heavy (non-hydrogen) atoms. The summed E-state index contributed by atoms with van der Waals surface area (Å²) in [5.74, 6) is -1.17. The van der Waals surface area contributed by atoms with E-state index >= 15 is 0 Å². The maximum Gasteiger partial charge on any atom is 0.308 e. The van der Waals surface area contributed by atoms with E-state index in [1.807, 2.05) is 0 Å². The van der Waals surface area contributed by atoms with Gasteiger partial charge < -0.3 is 16.3 Å². The van der Waals surface area contributed by atoms with Crippen LogP contribution in [0.25, 0.3) is 0 Å². The summed E-state index contributed by atoms with van der Waals surface area (Å²) in [5, 5.41) is 8.82. The molecule has 0 saturated heterocycles. The van der Waals surface area contributed by atoms with E-state index in [4.69, 9.17) is 10.8 Å². The van der Waals surface area contributed by atoms with Crippen molar-refractivity contribution in [2.45, 2.75) is 44.6 Å². The van der Waals surface area contributed by atoms with Crippen LogP contribution in [-0.4, -0.2) is 22.1 Å². The quantitative estimate of drug-likeness (QED) is 0.663. The van der Waals surface area contributed by atoms with Crippen LogP contribution in [0.3, 0.4) is 0 Å². The van der Waals surface area contributed by atoms with Gasteiger partial charge in [-0.25, -0.2) is 0 Å². The molecule has 0 aromatic carbocycles. The molecule has 0 spiro atoms. The third kappa shape index (κ3) is 2.67. The summed E-state index contributed by atoms with van der Waals surface area (Å²) in [6, 6.07) is 0. The topological polar surface area (TPSA) is 94.8 Å². The van der Waals surface area contributed by atoms with Gasteiger partial charge in [0, 0.05) is 5.54 Å². The maximum absolute atomic E-state index is 10.7. The van der Waals surface area contributed by atoms with E-state index in [1.165, 1.54) is 6.42 Å². The highest BCUT2D eigenvalue weighted by Gasteiger charge is 2.37. The molecule has 78 valence electrons. The predicted octanol–water partition coefficient (Wildman–Crippen LogP) is 0.544. The highest BCUT2D eigenvalue weighted by Crippen LogP contribution is 2.32. The normalized spacial score (nSPS) is 22.9. The Balaban J connectivity index is 0.00000144. The molecule has 0 unspecified atom stereocenters. The first-order valence-corrected chi connectivity index (χ1v) is 4.58. The zero-order valence-electron chi connectivity index (χ0n) is 8.05. The van der Waals surface area contributed by atoms with Gasteiger partial charge in [0.15, 0.2) is 0 Å². The van der Waals surface area contributed by atoms with Gasteiger partial charge in [-0.1, -0.05) is 26.2 Å². The molecular formula is C9H19NO3. The summed E-state index contributed by atoms with van der Waals surface area (Å²) in [5.41, 5.74) is 5.58. The monoisotopic (exact) mass is 189 g/mol. The van der Waals surface area contributed by atoms with Gasteiger partial charge in [0.25, 0.3) is 0 Å². The zero-order chi connectivity index (χ0) is 9.19. The molecule has 0 heterocycles. The Morgan fingerprint density at radius 3 is 2.23 bits per heavy atom. The molecule has 0 amide bonds. The number of hydrogen-bond acceptors (Lipinski definition) is 2. The first-order chi connectivity index (χ1) is 5.56. The van der Waals surface area contributed by atoms with E-state index in [-0.39, 0.29) is 5.48 Å². The fraction of sp³-hybridized carbons (Fsp3) is 0.889. The predicted molar refractivity (Wildman–Crippen MR) is 50.4 cm³/mol. The Morgan fingerprint density at radius 1 is 1.38 bits per heavy atom. The molecular weight excluding hydrogens is 170 g/mol. The number of nitrogens with two attached hydrogens (primary N) is 1. The molecule has 1 atom stereocenters. The maximum atomic E-state index is 10.7. The first-order valence-electron chi connectivity index (χ1n) is 4.58. The lowest BCUT2D eigenvalue weighted by Gasteiger charge is -2.36. The van der Waals surface area contributed by atoms with Gasteiger partial charge in [-0.2, -0.15) is 0 Å². The number of aliphatic carboxylic acids is 1. The van der Waals surface area contributed by atoms with Crippen molar-refractivity contribution in [1.82, 2.24) is 0 Å². The third-order valence-corrected chi connectivity index (χ3v) is 3.02. The standard InChI is InChI=1S/C9H17NO2.H2O/c1-7(8(11)12)9(10)5-3-2-4-6-9;/h7H,2-6,10H2,1H3,(H,11,12);1H2/t7-;/m1./s1. The molecule has 0 aromatic rings. The van der Waals surface area contributed by atoms with Crippen molar-refractivity contribution in [3.8, 4) is 0 Å². The zero-order valence-corrected chi connectivity index (χ0v) is 8.05. The molecule has 5 N–H and O–H groups in total. The summed E-state index contributed by atoms with van der Waals surface area (Å²) >= 11 is 0. The minimum atomic E-state index is -0.764. The van der Waals surface area contributed by atoms with Crippen LogP contribution in [0.15, 0.2) is 0 Å². The van der Waals surface area contributed by atoms with Crippen LogP contribution in [0, 0.1) is 5.92 Å². The molecule has 4 nitrogen and oxygen atoms in total. The van der Waals surface area contributed by atoms with Crippen LogP contribution in [0.5, 0.6) is 0 Å². The van der Waals surface area contributed by atoms with Crippen molar-refractivity contribution >= 4 is 5.97 Å². The highest BCUT2D eigenvalue weighted by molar-refractivity contribution is 5.71. The van der Waals surface area contributed by atoms with Crippen molar-refractivity contribution in [2.24, 2.45) is 11.7 Å². The number of carboxylic acids is 1. The molecule has 1 saturated carbocycles. The molecule has 1 fully saturated rings. The number of hydrogen-bond donors (Lipinski definition) is 2. The van der Waals surface area contributed by atoms with Crippen LogP contribution in [0.1, 0.15) is 39.0 Å². The molecule has 0 aromatic heterocycles. The molecule has 1 aliphatic rings. The van der Waals surface area contributed by atoms with E-state index in [0.29, 0.717) is 0 Å². The van der Waals surface area contributed by atoms with Crippen LogP contribution >= 0.6 is 0 Å². The fourth-order valence-electron chi connectivity index (χ4n) is 1.89. The van der Waals surface area contributed by atoms with Crippen molar-refractivity contribution in [1.29, 1.82) is 0 Å². The Kier molecular flexibility index (Phi) is 4.36. The van der Waals surface area contributed by atoms with E-state index in [0.717, 1.165) is 25.7 Å². The minimum Gasteiger partial charge on any atom is -0.481 e. The van der Waals surface area contributed by atoms with Gasteiger partial charge in [0.05, 0.1) is 5.92 Å². The number of carbonyl (C=O) groups is 1. The largest absolute Gasteiger partial charge is 0.481 e.